The van der Waals surface area contributed by atoms with Crippen molar-refractivity contribution in [1.82, 2.24) is 15.5 Å². The third-order valence-corrected chi connectivity index (χ3v) is 4.67. The molecule has 29 heavy (non-hydrogen) atoms. The number of hydrogen-bond acceptors (Lipinski definition) is 4. The van der Waals surface area contributed by atoms with Crippen LogP contribution in [0.4, 0.5) is 0 Å². The molecule has 2 N–H and O–H groups in total. The van der Waals surface area contributed by atoms with Crippen molar-refractivity contribution in [2.45, 2.75) is 45.8 Å². The first-order chi connectivity index (χ1) is 13.5. The SMILES string of the molecule is C=C(C)CN1CCC(NC(=NCC(C)Oc2ccc(OC)cc2)NCC)CC1.I. The van der Waals surface area contributed by atoms with Crippen molar-refractivity contribution in [1.29, 1.82) is 0 Å². The van der Waals surface area contributed by atoms with E-state index in [4.69, 9.17) is 14.5 Å². The predicted octanol–water partition coefficient (Wildman–Crippen LogP) is 3.68. The Labute approximate surface area is 193 Å². The van der Waals surface area contributed by atoms with Crippen molar-refractivity contribution in [3.63, 3.8) is 0 Å². The number of piperidine rings is 1. The number of benzene rings is 1. The van der Waals surface area contributed by atoms with Crippen molar-refractivity contribution < 1.29 is 9.47 Å². The quantitative estimate of drug-likeness (QED) is 0.227. The topological polar surface area (TPSA) is 58.1 Å². The largest absolute Gasteiger partial charge is 0.497 e. The van der Waals surface area contributed by atoms with Gasteiger partial charge in [0.1, 0.15) is 17.6 Å². The molecule has 0 saturated carbocycles. The Balaban J connectivity index is 0.00000420. The lowest BCUT2D eigenvalue weighted by Gasteiger charge is -2.33. The second kappa shape index (κ2) is 13.7. The molecule has 1 heterocycles. The average Bonchev–Trinajstić information content (AvgIpc) is 2.68. The normalized spacial score (nSPS) is 16.5. The van der Waals surface area contributed by atoms with E-state index in [1.165, 1.54) is 5.57 Å². The van der Waals surface area contributed by atoms with E-state index in [1.54, 1.807) is 7.11 Å². The van der Waals surface area contributed by atoms with Crippen LogP contribution in [-0.2, 0) is 0 Å². The third-order valence-electron chi connectivity index (χ3n) is 4.67. The number of hydrogen-bond donors (Lipinski definition) is 2. The minimum atomic E-state index is -0.0127. The fourth-order valence-electron chi connectivity index (χ4n) is 3.27. The molecule has 1 saturated heterocycles. The van der Waals surface area contributed by atoms with Gasteiger partial charge < -0.3 is 20.1 Å². The van der Waals surface area contributed by atoms with Gasteiger partial charge >= 0.3 is 0 Å². The van der Waals surface area contributed by atoms with Gasteiger partial charge in [-0.1, -0.05) is 12.2 Å². The smallest absolute Gasteiger partial charge is 0.191 e. The fourth-order valence-corrected chi connectivity index (χ4v) is 3.27. The minimum absolute atomic E-state index is 0. The number of likely N-dealkylation sites (tertiary alicyclic amines) is 1. The van der Waals surface area contributed by atoms with Crippen LogP contribution in [0.25, 0.3) is 0 Å². The molecule has 1 aromatic carbocycles. The van der Waals surface area contributed by atoms with E-state index in [2.05, 4.69) is 36.0 Å². The van der Waals surface area contributed by atoms with Crippen LogP contribution >= 0.6 is 24.0 Å². The van der Waals surface area contributed by atoms with E-state index < -0.39 is 0 Å². The molecule has 6 nitrogen and oxygen atoms in total. The van der Waals surface area contributed by atoms with Crippen LogP contribution in [0.1, 0.15) is 33.6 Å². The average molecular weight is 516 g/mol. The van der Waals surface area contributed by atoms with Crippen LogP contribution in [0.5, 0.6) is 11.5 Å². The Morgan fingerprint density at radius 1 is 1.24 bits per heavy atom. The van der Waals surface area contributed by atoms with E-state index in [1.807, 2.05) is 31.2 Å². The van der Waals surface area contributed by atoms with Crippen molar-refractivity contribution in [2.24, 2.45) is 4.99 Å². The Morgan fingerprint density at radius 3 is 2.41 bits per heavy atom. The van der Waals surface area contributed by atoms with Gasteiger partial charge in [0.25, 0.3) is 0 Å². The molecule has 1 aliphatic rings. The summed E-state index contributed by atoms with van der Waals surface area (Å²) in [6.07, 6.45) is 2.23. The molecular formula is C22H37IN4O2. The molecule has 0 radical (unpaired) electrons. The van der Waals surface area contributed by atoms with Crippen LogP contribution in [0.15, 0.2) is 41.4 Å². The van der Waals surface area contributed by atoms with Gasteiger partial charge in [-0.2, -0.15) is 0 Å². The molecule has 0 bridgehead atoms. The van der Waals surface area contributed by atoms with Gasteiger partial charge in [-0.05, 0) is 57.9 Å². The monoisotopic (exact) mass is 516 g/mol. The van der Waals surface area contributed by atoms with Gasteiger partial charge in [-0.25, -0.2) is 4.99 Å². The van der Waals surface area contributed by atoms with Crippen molar-refractivity contribution in [2.75, 3.05) is 39.8 Å². The lowest BCUT2D eigenvalue weighted by molar-refractivity contribution is 0.220. The molecule has 164 valence electrons. The molecule has 0 amide bonds. The molecule has 0 aliphatic carbocycles. The summed E-state index contributed by atoms with van der Waals surface area (Å²) in [6, 6.07) is 8.09. The lowest BCUT2D eigenvalue weighted by Crippen LogP contribution is -2.49. The summed E-state index contributed by atoms with van der Waals surface area (Å²) in [4.78, 5) is 7.19. The molecule has 0 aromatic heterocycles. The molecule has 7 heteroatoms. The molecular weight excluding hydrogens is 479 g/mol. The summed E-state index contributed by atoms with van der Waals surface area (Å²) < 4.78 is 11.1. The van der Waals surface area contributed by atoms with Gasteiger partial charge in [0.15, 0.2) is 5.96 Å². The highest BCUT2D eigenvalue weighted by Crippen LogP contribution is 2.18. The number of nitrogens with one attached hydrogen (secondary N) is 2. The lowest BCUT2D eigenvalue weighted by atomic mass is 10.0. The first kappa shape index (κ1) is 25.6. The highest BCUT2D eigenvalue weighted by molar-refractivity contribution is 14.0. The number of ether oxygens (including phenoxy) is 2. The minimum Gasteiger partial charge on any atom is -0.497 e. The maximum absolute atomic E-state index is 5.95. The Bertz CT molecular complexity index is 628. The van der Waals surface area contributed by atoms with E-state index in [0.29, 0.717) is 12.6 Å². The second-order valence-electron chi connectivity index (χ2n) is 7.48. The van der Waals surface area contributed by atoms with Crippen LogP contribution in [0.3, 0.4) is 0 Å². The maximum Gasteiger partial charge on any atom is 0.191 e. The maximum atomic E-state index is 5.95. The van der Waals surface area contributed by atoms with Crippen LogP contribution < -0.4 is 20.1 Å². The van der Waals surface area contributed by atoms with Gasteiger partial charge in [0.05, 0.1) is 13.7 Å². The van der Waals surface area contributed by atoms with Crippen LogP contribution in [-0.4, -0.2) is 62.8 Å². The first-order valence-electron chi connectivity index (χ1n) is 10.2. The summed E-state index contributed by atoms with van der Waals surface area (Å²) in [5.74, 6) is 2.52. The van der Waals surface area contributed by atoms with Gasteiger partial charge in [0.2, 0.25) is 0 Å². The molecule has 2 rings (SSSR count). The predicted molar refractivity (Wildman–Crippen MR) is 132 cm³/mol. The molecule has 1 aliphatic heterocycles. The molecule has 1 unspecified atom stereocenters. The number of guanidine groups is 1. The highest BCUT2D eigenvalue weighted by atomic mass is 127. The number of halogens is 1. The number of aliphatic imine (C=N–C) groups is 1. The van der Waals surface area contributed by atoms with Crippen LogP contribution in [0, 0.1) is 0 Å². The molecule has 0 spiro atoms. The van der Waals surface area contributed by atoms with Crippen molar-refractivity contribution in [3.8, 4) is 11.5 Å². The van der Waals surface area contributed by atoms with E-state index in [0.717, 1.165) is 56.5 Å². The van der Waals surface area contributed by atoms with E-state index >= 15 is 0 Å². The first-order valence-corrected chi connectivity index (χ1v) is 10.2. The van der Waals surface area contributed by atoms with Crippen molar-refractivity contribution in [3.05, 3.63) is 36.4 Å². The third kappa shape index (κ3) is 9.71. The molecule has 1 aromatic rings. The number of rotatable bonds is 9. The Morgan fingerprint density at radius 2 is 1.86 bits per heavy atom. The van der Waals surface area contributed by atoms with Crippen LogP contribution in [0.2, 0.25) is 0 Å². The summed E-state index contributed by atoms with van der Waals surface area (Å²) in [5.41, 5.74) is 1.23. The zero-order valence-corrected chi connectivity index (χ0v) is 20.6. The highest BCUT2D eigenvalue weighted by Gasteiger charge is 2.19. The molecule has 1 fully saturated rings. The Hall–Kier alpha value is -1.48. The summed E-state index contributed by atoms with van der Waals surface area (Å²) in [5, 5.41) is 6.93. The second-order valence-corrected chi connectivity index (χ2v) is 7.48. The zero-order chi connectivity index (χ0) is 20.4. The molecule has 1 atom stereocenters. The summed E-state index contributed by atoms with van der Waals surface area (Å²) in [6.45, 7) is 14.9. The van der Waals surface area contributed by atoms with Gasteiger partial charge in [-0.15, -0.1) is 24.0 Å². The number of nitrogens with zero attached hydrogens (tertiary/aromatic N) is 2. The fraction of sp³-hybridized carbons (Fsp3) is 0.591. The van der Waals surface area contributed by atoms with E-state index in [9.17, 15) is 0 Å². The summed E-state index contributed by atoms with van der Waals surface area (Å²) >= 11 is 0. The Kier molecular flexibility index (Phi) is 12.1. The standard InChI is InChI=1S/C22H36N4O2.HI/c1-6-23-22(25-19-11-13-26(14-12-19)16-17(2)3)24-15-18(4)28-21-9-7-20(27-5)8-10-21;/h7-10,18-19H,2,6,11-16H2,1,3-5H3,(H2,23,24,25);1H. The zero-order valence-electron chi connectivity index (χ0n) is 18.2. The summed E-state index contributed by atoms with van der Waals surface area (Å²) in [7, 11) is 1.66. The van der Waals surface area contributed by atoms with Gasteiger partial charge in [0, 0.05) is 32.2 Å². The number of methoxy groups -OCH3 is 1. The van der Waals surface area contributed by atoms with Crippen molar-refractivity contribution >= 4 is 29.9 Å². The van der Waals surface area contributed by atoms with Gasteiger partial charge in [-0.3, -0.25) is 4.90 Å². The van der Waals surface area contributed by atoms with E-state index in [-0.39, 0.29) is 30.1 Å².